The molecule has 9 heteroatoms. The highest BCUT2D eigenvalue weighted by Crippen LogP contribution is 2.23. The lowest BCUT2D eigenvalue weighted by atomic mass is 10.1. The van der Waals surface area contributed by atoms with Crippen molar-refractivity contribution >= 4 is 17.2 Å². The zero-order valence-electron chi connectivity index (χ0n) is 15.7. The van der Waals surface area contributed by atoms with Crippen LogP contribution >= 0.6 is 11.3 Å². The Kier molecular flexibility index (Phi) is 4.77. The van der Waals surface area contributed by atoms with Crippen molar-refractivity contribution in [3.05, 3.63) is 34.3 Å². The molecule has 1 aliphatic rings. The molecule has 0 fully saturated rings. The Balaban J connectivity index is 1.44. The molecule has 0 radical (unpaired) electrons. The van der Waals surface area contributed by atoms with E-state index in [1.54, 1.807) is 22.2 Å². The van der Waals surface area contributed by atoms with Gasteiger partial charge in [-0.15, -0.1) is 21.5 Å². The molecule has 0 spiro atoms. The van der Waals surface area contributed by atoms with E-state index in [0.29, 0.717) is 11.6 Å². The molecule has 8 nitrogen and oxygen atoms in total. The van der Waals surface area contributed by atoms with Gasteiger partial charge in [-0.25, -0.2) is 4.98 Å². The Morgan fingerprint density at radius 2 is 2.19 bits per heavy atom. The van der Waals surface area contributed by atoms with Crippen LogP contribution in [0.2, 0.25) is 0 Å². The zero-order chi connectivity index (χ0) is 19.0. The van der Waals surface area contributed by atoms with E-state index in [1.807, 2.05) is 18.6 Å². The van der Waals surface area contributed by atoms with Crippen LogP contribution in [0.3, 0.4) is 0 Å². The van der Waals surface area contributed by atoms with Gasteiger partial charge in [0, 0.05) is 43.5 Å². The lowest BCUT2D eigenvalue weighted by Gasteiger charge is -2.15. The molecule has 142 valence electrons. The first kappa shape index (κ1) is 17.8. The second kappa shape index (κ2) is 7.22. The van der Waals surface area contributed by atoms with Crippen LogP contribution in [-0.2, 0) is 20.0 Å². The number of hydrogen-bond acceptors (Lipinski definition) is 6. The number of aryl methyl sites for hydroxylation is 2. The highest BCUT2D eigenvalue weighted by molar-refractivity contribution is 7.09. The molecule has 3 aromatic rings. The molecule has 0 aliphatic carbocycles. The van der Waals surface area contributed by atoms with E-state index < -0.39 is 0 Å². The molecule has 1 atom stereocenters. The maximum atomic E-state index is 12.6. The van der Waals surface area contributed by atoms with Gasteiger partial charge >= 0.3 is 0 Å². The van der Waals surface area contributed by atoms with E-state index in [2.05, 4.69) is 44.0 Å². The van der Waals surface area contributed by atoms with Crippen molar-refractivity contribution < 1.29 is 4.79 Å². The number of amides is 1. The minimum atomic E-state index is -0.0895. The fourth-order valence-corrected chi connectivity index (χ4v) is 4.11. The fourth-order valence-electron chi connectivity index (χ4n) is 3.30. The summed E-state index contributed by atoms with van der Waals surface area (Å²) in [6.07, 6.45) is 6.21. The van der Waals surface area contributed by atoms with Crippen LogP contribution in [0, 0.1) is 0 Å². The number of aromatic nitrogens is 6. The topological polar surface area (TPSA) is 90.5 Å². The first-order valence-electron chi connectivity index (χ1n) is 9.18. The Morgan fingerprint density at radius 3 is 2.89 bits per heavy atom. The highest BCUT2D eigenvalue weighted by atomic mass is 32.1. The first-order valence-corrected chi connectivity index (χ1v) is 10.1. The van der Waals surface area contributed by atoms with Crippen molar-refractivity contribution in [1.29, 1.82) is 0 Å². The molecule has 27 heavy (non-hydrogen) atoms. The number of nitrogens with one attached hydrogen (secondary N) is 1. The van der Waals surface area contributed by atoms with Crippen LogP contribution in [0.15, 0.2) is 17.8 Å². The summed E-state index contributed by atoms with van der Waals surface area (Å²) in [6.45, 7) is 4.94. The largest absolute Gasteiger partial charge is 0.348 e. The van der Waals surface area contributed by atoms with Crippen molar-refractivity contribution in [1.82, 2.24) is 34.8 Å². The average Bonchev–Trinajstić information content (AvgIpc) is 3.34. The van der Waals surface area contributed by atoms with Crippen LogP contribution in [0.4, 0.5) is 0 Å². The molecule has 1 unspecified atom stereocenters. The lowest BCUT2D eigenvalue weighted by Crippen LogP contribution is -2.35. The number of hydrogen-bond donors (Lipinski definition) is 1. The van der Waals surface area contributed by atoms with E-state index in [-0.39, 0.29) is 11.9 Å². The number of carbonyl (C=O) groups is 1. The maximum absolute atomic E-state index is 12.6. The van der Waals surface area contributed by atoms with E-state index in [9.17, 15) is 4.79 Å². The van der Waals surface area contributed by atoms with E-state index in [4.69, 9.17) is 0 Å². The summed E-state index contributed by atoms with van der Waals surface area (Å²) < 4.78 is 3.90. The second-order valence-electron chi connectivity index (χ2n) is 7.22. The van der Waals surface area contributed by atoms with E-state index >= 15 is 0 Å². The SMILES string of the molecule is CC(C)c1nc(C(=O)NC2CCc3nnc(-c4cnn(C)c4)n3CC2)cs1. The molecule has 0 saturated heterocycles. The molecule has 0 saturated carbocycles. The number of rotatable bonds is 4. The smallest absolute Gasteiger partial charge is 0.270 e. The standard InChI is InChI=1S/C18H23N7OS/c1-11(2)18-21-14(10-27-18)17(26)20-13-4-5-15-22-23-16(25(15)7-6-13)12-8-19-24(3)9-12/h8-11,13H,4-7H2,1-3H3,(H,20,26). The predicted molar refractivity (Wildman–Crippen MR) is 103 cm³/mol. The van der Waals surface area contributed by atoms with E-state index in [0.717, 1.165) is 48.0 Å². The molecule has 4 rings (SSSR count). The summed E-state index contributed by atoms with van der Waals surface area (Å²) in [5, 5.41) is 18.9. The molecule has 4 heterocycles. The Labute approximate surface area is 161 Å². The summed E-state index contributed by atoms with van der Waals surface area (Å²) in [6, 6.07) is 0.102. The summed E-state index contributed by atoms with van der Waals surface area (Å²) in [7, 11) is 1.89. The summed E-state index contributed by atoms with van der Waals surface area (Å²) in [5.74, 6) is 2.05. The summed E-state index contributed by atoms with van der Waals surface area (Å²) >= 11 is 1.54. The minimum Gasteiger partial charge on any atom is -0.348 e. The van der Waals surface area contributed by atoms with Gasteiger partial charge in [0.25, 0.3) is 5.91 Å². The summed E-state index contributed by atoms with van der Waals surface area (Å²) in [5.41, 5.74) is 1.48. The van der Waals surface area contributed by atoms with Gasteiger partial charge in [-0.2, -0.15) is 5.10 Å². The Hall–Kier alpha value is -2.55. The zero-order valence-corrected chi connectivity index (χ0v) is 16.5. The monoisotopic (exact) mass is 385 g/mol. The molecule has 1 amide bonds. The Morgan fingerprint density at radius 1 is 1.33 bits per heavy atom. The normalized spacial score (nSPS) is 17.0. The summed E-state index contributed by atoms with van der Waals surface area (Å²) in [4.78, 5) is 17.0. The van der Waals surface area contributed by atoms with Crippen molar-refractivity contribution in [2.75, 3.05) is 0 Å². The van der Waals surface area contributed by atoms with E-state index in [1.165, 1.54) is 0 Å². The van der Waals surface area contributed by atoms with Crippen LogP contribution in [0.5, 0.6) is 0 Å². The maximum Gasteiger partial charge on any atom is 0.270 e. The molecule has 1 N–H and O–H groups in total. The van der Waals surface area contributed by atoms with Crippen molar-refractivity contribution in [3.8, 4) is 11.4 Å². The van der Waals surface area contributed by atoms with Gasteiger partial charge in [-0.3, -0.25) is 9.48 Å². The predicted octanol–water partition coefficient (Wildman–Crippen LogP) is 2.39. The third kappa shape index (κ3) is 3.64. The molecule has 1 aliphatic heterocycles. The van der Waals surface area contributed by atoms with Crippen LogP contribution in [0.25, 0.3) is 11.4 Å². The van der Waals surface area contributed by atoms with Crippen LogP contribution in [-0.4, -0.2) is 41.5 Å². The molecule has 3 aromatic heterocycles. The van der Waals surface area contributed by atoms with Gasteiger partial charge in [0.1, 0.15) is 11.5 Å². The minimum absolute atomic E-state index is 0.0895. The van der Waals surface area contributed by atoms with Crippen molar-refractivity contribution in [2.45, 2.75) is 51.6 Å². The first-order chi connectivity index (χ1) is 13.0. The number of thiazole rings is 1. The van der Waals surface area contributed by atoms with Crippen LogP contribution < -0.4 is 5.32 Å². The van der Waals surface area contributed by atoms with Gasteiger partial charge < -0.3 is 9.88 Å². The average molecular weight is 385 g/mol. The van der Waals surface area contributed by atoms with Gasteiger partial charge in [-0.1, -0.05) is 13.8 Å². The third-order valence-electron chi connectivity index (χ3n) is 4.79. The molecular weight excluding hydrogens is 362 g/mol. The third-order valence-corrected chi connectivity index (χ3v) is 5.94. The Bertz CT molecular complexity index is 955. The van der Waals surface area contributed by atoms with Gasteiger partial charge in [-0.05, 0) is 12.8 Å². The molecule has 0 bridgehead atoms. The lowest BCUT2D eigenvalue weighted by molar-refractivity contribution is 0.0928. The van der Waals surface area contributed by atoms with Gasteiger partial charge in [0.05, 0.1) is 16.8 Å². The van der Waals surface area contributed by atoms with Crippen LogP contribution in [0.1, 0.15) is 53.9 Å². The van der Waals surface area contributed by atoms with Crippen molar-refractivity contribution in [3.63, 3.8) is 0 Å². The quantitative estimate of drug-likeness (QED) is 0.745. The fraction of sp³-hybridized carbons (Fsp3) is 0.500. The number of nitrogens with zero attached hydrogens (tertiary/aromatic N) is 6. The molecular formula is C18H23N7OS. The van der Waals surface area contributed by atoms with Gasteiger partial charge in [0.2, 0.25) is 0 Å². The molecule has 0 aromatic carbocycles. The number of carbonyl (C=O) groups excluding carboxylic acids is 1. The van der Waals surface area contributed by atoms with Crippen molar-refractivity contribution in [2.24, 2.45) is 7.05 Å². The second-order valence-corrected chi connectivity index (χ2v) is 8.11. The van der Waals surface area contributed by atoms with Gasteiger partial charge in [0.15, 0.2) is 5.82 Å². The number of fused-ring (bicyclic) bond motifs is 1. The highest BCUT2D eigenvalue weighted by Gasteiger charge is 2.23.